The molecule has 0 spiro atoms. The van der Waals surface area contributed by atoms with Crippen molar-refractivity contribution in [2.24, 2.45) is 0 Å². The molecule has 0 amide bonds. The summed E-state index contributed by atoms with van der Waals surface area (Å²) in [6, 6.07) is 0.812. The molecular weight excluding hydrogens is 451 g/mol. The minimum Gasteiger partial charge on any atom is -0.477 e. The number of pyridine rings is 1. The zero-order chi connectivity index (χ0) is 23.0. The molecule has 1 N–H and O–H groups in total. The molecule has 4 rings (SSSR count). The molecule has 0 aliphatic carbocycles. The van der Waals surface area contributed by atoms with E-state index in [9.17, 15) is 23.5 Å². The number of halogens is 4. The quantitative estimate of drug-likeness (QED) is 0.617. The topological polar surface area (TPSA) is 91.6 Å². The molecule has 0 radical (unpaired) electrons. The largest absolute Gasteiger partial charge is 0.477 e. The number of carbonyl (C=O) groups is 1. The van der Waals surface area contributed by atoms with Crippen molar-refractivity contribution < 1.29 is 23.1 Å². The van der Waals surface area contributed by atoms with E-state index in [2.05, 4.69) is 9.97 Å². The molecule has 1 aromatic carbocycles. The fraction of sp³-hybridized carbons (Fsp3) is 0.300. The van der Waals surface area contributed by atoms with Crippen LogP contribution in [0, 0.1) is 11.6 Å². The van der Waals surface area contributed by atoms with Gasteiger partial charge in [-0.1, -0.05) is 11.6 Å². The van der Waals surface area contributed by atoms with Gasteiger partial charge < -0.3 is 19.5 Å². The summed E-state index contributed by atoms with van der Waals surface area (Å²) >= 11 is 5.87. The standard InChI is InChI=1S/C20H17ClF3N5O3/c21-14-8-25-9-15(26-14)27-3-5-28(6-4-27)18-13(23)7-11-17(16(18)24)29(2-1-22)10-12(19(11)30)20(31)32/h7-10H,1-6H2,(H,31,32). The number of hydrogen-bond donors (Lipinski definition) is 1. The highest BCUT2D eigenvalue weighted by Gasteiger charge is 2.27. The molecule has 1 fully saturated rings. The van der Waals surface area contributed by atoms with E-state index in [4.69, 9.17) is 11.6 Å². The van der Waals surface area contributed by atoms with Gasteiger partial charge in [0.15, 0.2) is 5.82 Å². The predicted octanol–water partition coefficient (Wildman–Crippen LogP) is 2.72. The molecule has 0 bridgehead atoms. The molecule has 0 saturated carbocycles. The summed E-state index contributed by atoms with van der Waals surface area (Å²) in [6.45, 7) is -0.104. The highest BCUT2D eigenvalue weighted by Crippen LogP contribution is 2.31. The number of aromatic carboxylic acids is 1. The maximum absolute atomic E-state index is 15.5. The van der Waals surface area contributed by atoms with Crippen LogP contribution in [0.4, 0.5) is 24.7 Å². The van der Waals surface area contributed by atoms with Crippen molar-refractivity contribution in [2.75, 3.05) is 42.7 Å². The summed E-state index contributed by atoms with van der Waals surface area (Å²) in [5.41, 5.74) is -2.41. The van der Waals surface area contributed by atoms with Crippen molar-refractivity contribution in [1.82, 2.24) is 14.5 Å². The average Bonchev–Trinajstić information content (AvgIpc) is 2.76. The third-order valence-corrected chi connectivity index (χ3v) is 5.48. The zero-order valence-corrected chi connectivity index (χ0v) is 17.3. The molecule has 1 saturated heterocycles. The number of carboxylic acids is 1. The van der Waals surface area contributed by atoms with Crippen LogP contribution >= 0.6 is 11.6 Å². The number of hydrogen-bond acceptors (Lipinski definition) is 6. The molecule has 12 heteroatoms. The van der Waals surface area contributed by atoms with E-state index in [1.54, 1.807) is 0 Å². The van der Waals surface area contributed by atoms with E-state index < -0.39 is 40.7 Å². The van der Waals surface area contributed by atoms with Crippen molar-refractivity contribution in [1.29, 1.82) is 0 Å². The lowest BCUT2D eigenvalue weighted by molar-refractivity contribution is 0.0694. The molecule has 8 nitrogen and oxygen atoms in total. The second kappa shape index (κ2) is 8.65. The first-order chi connectivity index (χ1) is 15.3. The first-order valence-corrected chi connectivity index (χ1v) is 10.0. The Morgan fingerprint density at radius 2 is 1.84 bits per heavy atom. The Morgan fingerprint density at radius 3 is 2.47 bits per heavy atom. The molecule has 3 aromatic rings. The Kier molecular flexibility index (Phi) is 5.92. The number of carboxylic acid groups (broad SMARTS) is 1. The molecule has 2 aromatic heterocycles. The van der Waals surface area contributed by atoms with Gasteiger partial charge in [-0.2, -0.15) is 0 Å². The van der Waals surface area contributed by atoms with Gasteiger partial charge in [0.25, 0.3) is 0 Å². The van der Waals surface area contributed by atoms with E-state index in [0.29, 0.717) is 18.9 Å². The van der Waals surface area contributed by atoms with Gasteiger partial charge in [0.2, 0.25) is 5.43 Å². The fourth-order valence-electron chi connectivity index (χ4n) is 3.83. The van der Waals surface area contributed by atoms with Gasteiger partial charge in [-0.05, 0) is 6.07 Å². The van der Waals surface area contributed by atoms with E-state index >= 15 is 4.39 Å². The van der Waals surface area contributed by atoms with Crippen molar-refractivity contribution in [3.8, 4) is 0 Å². The predicted molar refractivity (Wildman–Crippen MR) is 113 cm³/mol. The number of rotatable bonds is 5. The number of nitrogens with zero attached hydrogens (tertiary/aromatic N) is 5. The third-order valence-electron chi connectivity index (χ3n) is 5.30. The van der Waals surface area contributed by atoms with E-state index in [-0.39, 0.29) is 36.0 Å². The number of aryl methyl sites for hydroxylation is 1. The van der Waals surface area contributed by atoms with Gasteiger partial charge in [-0.3, -0.25) is 9.78 Å². The van der Waals surface area contributed by atoms with Gasteiger partial charge in [-0.25, -0.2) is 22.9 Å². The number of anilines is 2. The normalized spacial score (nSPS) is 14.2. The summed E-state index contributed by atoms with van der Waals surface area (Å²) in [7, 11) is 0. The van der Waals surface area contributed by atoms with Gasteiger partial charge in [-0.15, -0.1) is 0 Å². The second-order valence-electron chi connectivity index (χ2n) is 7.15. The second-order valence-corrected chi connectivity index (χ2v) is 7.54. The van der Waals surface area contributed by atoms with Crippen LogP contribution in [0.25, 0.3) is 10.9 Å². The molecule has 168 valence electrons. The minimum absolute atomic E-state index is 0.225. The molecule has 0 atom stereocenters. The Bertz CT molecular complexity index is 1260. The molecule has 1 aliphatic heterocycles. The summed E-state index contributed by atoms with van der Waals surface area (Å²) in [4.78, 5) is 35.3. The third kappa shape index (κ3) is 3.83. The minimum atomic E-state index is -1.56. The number of fused-ring (bicyclic) bond motifs is 1. The Hall–Kier alpha value is -3.34. The average molecular weight is 468 g/mol. The van der Waals surface area contributed by atoms with E-state index in [1.807, 2.05) is 4.90 Å². The van der Waals surface area contributed by atoms with Crippen molar-refractivity contribution in [2.45, 2.75) is 6.54 Å². The smallest absolute Gasteiger partial charge is 0.341 e. The van der Waals surface area contributed by atoms with Crippen LogP contribution in [-0.2, 0) is 6.54 Å². The van der Waals surface area contributed by atoms with Crippen LogP contribution < -0.4 is 15.2 Å². The first kappa shape index (κ1) is 21.9. The van der Waals surface area contributed by atoms with Gasteiger partial charge in [0, 0.05) is 32.4 Å². The molecule has 3 heterocycles. The van der Waals surface area contributed by atoms with Gasteiger partial charge in [0.1, 0.15) is 34.7 Å². The van der Waals surface area contributed by atoms with Gasteiger partial charge in [0.05, 0.1) is 29.8 Å². The van der Waals surface area contributed by atoms with Crippen LogP contribution in [0.15, 0.2) is 29.5 Å². The molecule has 0 unspecified atom stereocenters. The summed E-state index contributed by atoms with van der Waals surface area (Å²) in [5.74, 6) is -3.07. The van der Waals surface area contributed by atoms with Crippen LogP contribution in [-0.4, -0.2) is 58.5 Å². The van der Waals surface area contributed by atoms with Crippen LogP contribution in [0.1, 0.15) is 10.4 Å². The van der Waals surface area contributed by atoms with Crippen LogP contribution in [0.3, 0.4) is 0 Å². The monoisotopic (exact) mass is 467 g/mol. The summed E-state index contributed by atoms with van der Waals surface area (Å²) in [5, 5.41) is 9.00. The van der Waals surface area contributed by atoms with Crippen molar-refractivity contribution in [3.63, 3.8) is 0 Å². The Labute approximate surface area is 184 Å². The van der Waals surface area contributed by atoms with Crippen LogP contribution in [0.5, 0.6) is 0 Å². The Morgan fingerprint density at radius 1 is 1.16 bits per heavy atom. The highest BCUT2D eigenvalue weighted by molar-refractivity contribution is 6.29. The van der Waals surface area contributed by atoms with Gasteiger partial charge >= 0.3 is 5.97 Å². The number of piperazine rings is 1. The maximum atomic E-state index is 15.5. The fourth-order valence-corrected chi connectivity index (χ4v) is 3.97. The number of benzene rings is 1. The lowest BCUT2D eigenvalue weighted by atomic mass is 10.1. The Balaban J connectivity index is 1.74. The first-order valence-electron chi connectivity index (χ1n) is 9.63. The summed E-state index contributed by atoms with van der Waals surface area (Å²) in [6.07, 6.45) is 3.81. The van der Waals surface area contributed by atoms with E-state index in [1.165, 1.54) is 17.3 Å². The summed E-state index contributed by atoms with van der Waals surface area (Å²) < 4.78 is 44.5. The SMILES string of the molecule is O=C(O)c1cn(CCF)c2c(F)c(N3CCN(c4cncc(Cl)n4)CC3)c(F)cc2c1=O. The lowest BCUT2D eigenvalue weighted by Crippen LogP contribution is -2.47. The zero-order valence-electron chi connectivity index (χ0n) is 16.6. The molecule has 32 heavy (non-hydrogen) atoms. The molecule has 1 aliphatic rings. The number of alkyl halides is 1. The van der Waals surface area contributed by atoms with Crippen LogP contribution in [0.2, 0.25) is 5.15 Å². The van der Waals surface area contributed by atoms with E-state index in [0.717, 1.165) is 16.8 Å². The highest BCUT2D eigenvalue weighted by atomic mass is 35.5. The lowest BCUT2D eigenvalue weighted by Gasteiger charge is -2.37. The van der Waals surface area contributed by atoms with Crippen molar-refractivity contribution in [3.05, 3.63) is 57.2 Å². The molecular formula is C20H17ClF3N5O3. The maximum Gasteiger partial charge on any atom is 0.341 e. The van der Waals surface area contributed by atoms with Crippen molar-refractivity contribution >= 4 is 40.0 Å². The number of aromatic nitrogens is 3.